The third-order valence-electron chi connectivity index (χ3n) is 3.65. The van der Waals surface area contributed by atoms with Gasteiger partial charge in [0.25, 0.3) is 0 Å². The van der Waals surface area contributed by atoms with Crippen molar-refractivity contribution in [3.05, 3.63) is 70.8 Å². The molecule has 0 saturated carbocycles. The first kappa shape index (κ1) is 22.3. The molecule has 2 N–H and O–H groups in total. The summed E-state index contributed by atoms with van der Waals surface area (Å²) in [4.78, 5) is 6.09. The van der Waals surface area contributed by atoms with Gasteiger partial charge in [0.2, 0.25) is 0 Å². The fourth-order valence-electron chi connectivity index (χ4n) is 2.39. The zero-order valence-electron chi connectivity index (χ0n) is 15.2. The molecule has 0 amide bonds. The van der Waals surface area contributed by atoms with Gasteiger partial charge in [0, 0.05) is 32.2 Å². The molecule has 0 atom stereocenters. The maximum atomic E-state index is 13.8. The molecule has 0 saturated heterocycles. The van der Waals surface area contributed by atoms with Crippen molar-refractivity contribution in [1.29, 1.82) is 0 Å². The minimum Gasteiger partial charge on any atom is -0.352 e. The van der Waals surface area contributed by atoms with Crippen molar-refractivity contribution in [2.45, 2.75) is 19.6 Å². The van der Waals surface area contributed by atoms with E-state index in [1.54, 1.807) is 25.2 Å². The maximum Gasteiger partial charge on any atom is 0.191 e. The predicted molar refractivity (Wildman–Crippen MR) is 113 cm³/mol. The fourth-order valence-corrected chi connectivity index (χ4v) is 2.39. The van der Waals surface area contributed by atoms with Crippen LogP contribution in [0.4, 0.5) is 8.78 Å². The van der Waals surface area contributed by atoms with Crippen LogP contribution >= 0.6 is 24.0 Å². The van der Waals surface area contributed by atoms with Crippen molar-refractivity contribution in [3.63, 3.8) is 0 Å². The molecule has 2 rings (SSSR count). The van der Waals surface area contributed by atoms with Gasteiger partial charge in [-0.15, -0.1) is 24.0 Å². The van der Waals surface area contributed by atoms with Gasteiger partial charge in [0.15, 0.2) is 5.96 Å². The average molecular weight is 474 g/mol. The Hall–Kier alpha value is -1.74. The zero-order valence-corrected chi connectivity index (χ0v) is 17.6. The SMILES string of the molecule is CN=C(NCc1ccc(F)cc1)NCc1ccc(F)c(CN(C)C)c1.I. The average Bonchev–Trinajstić information content (AvgIpc) is 2.59. The van der Waals surface area contributed by atoms with Crippen LogP contribution < -0.4 is 10.6 Å². The summed E-state index contributed by atoms with van der Waals surface area (Å²) in [5.74, 6) is 0.176. The van der Waals surface area contributed by atoms with E-state index in [9.17, 15) is 8.78 Å². The lowest BCUT2D eigenvalue weighted by Crippen LogP contribution is -2.36. The second kappa shape index (κ2) is 11.1. The first-order valence-electron chi connectivity index (χ1n) is 8.09. The molecular formula is C19H25F2IN4. The van der Waals surface area contributed by atoms with E-state index in [4.69, 9.17) is 0 Å². The van der Waals surface area contributed by atoms with Gasteiger partial charge in [-0.2, -0.15) is 0 Å². The molecule has 0 spiro atoms. The number of hydrogen-bond donors (Lipinski definition) is 2. The molecule has 4 nitrogen and oxygen atoms in total. The first-order chi connectivity index (χ1) is 12.0. The molecule has 2 aromatic rings. The fraction of sp³-hybridized carbons (Fsp3) is 0.316. The molecule has 26 heavy (non-hydrogen) atoms. The van der Waals surface area contributed by atoms with Gasteiger partial charge in [0.1, 0.15) is 11.6 Å². The number of halogens is 3. The molecule has 142 valence electrons. The molecule has 0 heterocycles. The zero-order chi connectivity index (χ0) is 18.2. The molecule has 0 radical (unpaired) electrons. The van der Waals surface area contributed by atoms with E-state index in [1.807, 2.05) is 25.1 Å². The van der Waals surface area contributed by atoms with Crippen molar-refractivity contribution >= 4 is 29.9 Å². The Labute approximate surface area is 170 Å². The molecule has 0 fully saturated rings. The lowest BCUT2D eigenvalue weighted by molar-refractivity contribution is 0.392. The van der Waals surface area contributed by atoms with E-state index in [2.05, 4.69) is 15.6 Å². The largest absolute Gasteiger partial charge is 0.352 e. The number of benzene rings is 2. The highest BCUT2D eigenvalue weighted by molar-refractivity contribution is 14.0. The van der Waals surface area contributed by atoms with E-state index in [-0.39, 0.29) is 35.6 Å². The number of hydrogen-bond acceptors (Lipinski definition) is 2. The van der Waals surface area contributed by atoms with Crippen LogP contribution in [0.15, 0.2) is 47.5 Å². The summed E-state index contributed by atoms with van der Waals surface area (Å²) < 4.78 is 26.7. The molecule has 0 aromatic heterocycles. The molecule has 2 aromatic carbocycles. The first-order valence-corrected chi connectivity index (χ1v) is 8.09. The van der Waals surface area contributed by atoms with E-state index < -0.39 is 0 Å². The van der Waals surface area contributed by atoms with Crippen LogP contribution in [0.3, 0.4) is 0 Å². The van der Waals surface area contributed by atoms with E-state index in [0.29, 0.717) is 31.2 Å². The summed E-state index contributed by atoms with van der Waals surface area (Å²) in [6, 6.07) is 11.4. The lowest BCUT2D eigenvalue weighted by Gasteiger charge is -2.14. The minimum absolute atomic E-state index is 0. The third-order valence-corrected chi connectivity index (χ3v) is 3.65. The monoisotopic (exact) mass is 474 g/mol. The summed E-state index contributed by atoms with van der Waals surface area (Å²) in [6.07, 6.45) is 0. The van der Waals surface area contributed by atoms with Gasteiger partial charge in [-0.3, -0.25) is 4.99 Å². The van der Waals surface area contributed by atoms with E-state index in [0.717, 1.165) is 11.1 Å². The van der Waals surface area contributed by atoms with Crippen molar-refractivity contribution in [1.82, 2.24) is 15.5 Å². The predicted octanol–water partition coefficient (Wildman–Crippen LogP) is 3.51. The number of rotatable bonds is 6. The Kier molecular flexibility index (Phi) is 9.50. The molecule has 0 unspecified atom stereocenters. The highest BCUT2D eigenvalue weighted by Gasteiger charge is 2.06. The van der Waals surface area contributed by atoms with E-state index >= 15 is 0 Å². The summed E-state index contributed by atoms with van der Waals surface area (Å²) in [5.41, 5.74) is 2.60. The van der Waals surface area contributed by atoms with Gasteiger partial charge in [0.05, 0.1) is 0 Å². The van der Waals surface area contributed by atoms with Crippen molar-refractivity contribution < 1.29 is 8.78 Å². The Morgan fingerprint density at radius 2 is 1.54 bits per heavy atom. The van der Waals surface area contributed by atoms with Crippen molar-refractivity contribution in [2.75, 3.05) is 21.1 Å². The highest BCUT2D eigenvalue weighted by atomic mass is 127. The molecule has 0 aliphatic heterocycles. The second-order valence-corrected chi connectivity index (χ2v) is 6.07. The quantitative estimate of drug-likeness (QED) is 0.383. The molecule has 7 heteroatoms. The topological polar surface area (TPSA) is 39.7 Å². The van der Waals surface area contributed by atoms with Crippen LogP contribution in [0.25, 0.3) is 0 Å². The maximum absolute atomic E-state index is 13.8. The van der Waals surface area contributed by atoms with Crippen LogP contribution in [0, 0.1) is 11.6 Å². The van der Waals surface area contributed by atoms with Gasteiger partial charge in [-0.1, -0.05) is 18.2 Å². The molecule has 0 aliphatic carbocycles. The standard InChI is InChI=1S/C19H24F2N4.HI/c1-22-19(23-11-14-4-7-17(20)8-5-14)24-12-15-6-9-18(21)16(10-15)13-25(2)3;/h4-10H,11-13H2,1-3H3,(H2,22,23,24);1H. The summed E-state index contributed by atoms with van der Waals surface area (Å²) in [7, 11) is 5.50. The smallest absolute Gasteiger partial charge is 0.191 e. The Morgan fingerprint density at radius 1 is 0.962 bits per heavy atom. The molecule has 0 aliphatic rings. The molecule has 0 bridgehead atoms. The van der Waals surface area contributed by atoms with Crippen molar-refractivity contribution in [2.24, 2.45) is 4.99 Å². The summed E-state index contributed by atoms with van der Waals surface area (Å²) in [6.45, 7) is 1.62. The van der Waals surface area contributed by atoms with Crippen molar-refractivity contribution in [3.8, 4) is 0 Å². The van der Waals surface area contributed by atoms with Gasteiger partial charge < -0.3 is 15.5 Å². The van der Waals surface area contributed by atoms with Crippen LogP contribution in [-0.4, -0.2) is 32.0 Å². The van der Waals surface area contributed by atoms with Gasteiger partial charge >= 0.3 is 0 Å². The summed E-state index contributed by atoms with van der Waals surface area (Å²) in [5, 5.41) is 6.36. The number of aliphatic imine (C=N–C) groups is 1. The number of nitrogens with zero attached hydrogens (tertiary/aromatic N) is 2. The number of guanidine groups is 1. The van der Waals surface area contributed by atoms with E-state index in [1.165, 1.54) is 18.2 Å². The second-order valence-electron chi connectivity index (χ2n) is 6.07. The van der Waals surface area contributed by atoms with Gasteiger partial charge in [-0.25, -0.2) is 8.78 Å². The number of nitrogens with one attached hydrogen (secondary N) is 2. The normalized spacial score (nSPS) is 11.2. The third kappa shape index (κ3) is 7.25. The highest BCUT2D eigenvalue weighted by Crippen LogP contribution is 2.12. The van der Waals surface area contributed by atoms with Crippen LogP contribution in [0.2, 0.25) is 0 Å². The Balaban J connectivity index is 0.00000338. The molecular weight excluding hydrogens is 449 g/mol. The summed E-state index contributed by atoms with van der Waals surface area (Å²) >= 11 is 0. The van der Waals surface area contributed by atoms with Gasteiger partial charge in [-0.05, 0) is 49.5 Å². The van der Waals surface area contributed by atoms with Crippen LogP contribution in [0.1, 0.15) is 16.7 Å². The van der Waals surface area contributed by atoms with Crippen LogP contribution in [0.5, 0.6) is 0 Å². The van der Waals surface area contributed by atoms with Crippen LogP contribution in [-0.2, 0) is 19.6 Å². The Bertz CT molecular complexity index is 718. The lowest BCUT2D eigenvalue weighted by atomic mass is 10.1. The minimum atomic E-state index is -0.254. The Morgan fingerprint density at radius 3 is 2.12 bits per heavy atom.